The lowest BCUT2D eigenvalue weighted by Gasteiger charge is -2.11. The van der Waals surface area contributed by atoms with Crippen molar-refractivity contribution in [3.05, 3.63) is 65.9 Å². The van der Waals surface area contributed by atoms with Crippen LogP contribution in [0.25, 0.3) is 10.9 Å². The molecule has 29 heavy (non-hydrogen) atoms. The van der Waals surface area contributed by atoms with Gasteiger partial charge in [0.2, 0.25) is 0 Å². The van der Waals surface area contributed by atoms with E-state index in [1.54, 1.807) is 0 Å². The molecule has 0 aliphatic rings. The molecule has 0 bridgehead atoms. The highest BCUT2D eigenvalue weighted by molar-refractivity contribution is 14.0. The van der Waals surface area contributed by atoms with Crippen molar-refractivity contribution < 1.29 is 4.21 Å². The van der Waals surface area contributed by atoms with Crippen LogP contribution in [0.15, 0.2) is 64.6 Å². The van der Waals surface area contributed by atoms with Gasteiger partial charge in [-0.2, -0.15) is 0 Å². The van der Waals surface area contributed by atoms with Gasteiger partial charge in [-0.1, -0.05) is 30.3 Å². The Morgan fingerprint density at radius 1 is 1.14 bits per heavy atom. The van der Waals surface area contributed by atoms with Crippen LogP contribution < -0.4 is 10.6 Å². The van der Waals surface area contributed by atoms with Gasteiger partial charge in [-0.05, 0) is 49.6 Å². The Bertz CT molecular complexity index is 956. The molecule has 3 rings (SSSR count). The molecule has 1 unspecified atom stereocenters. The van der Waals surface area contributed by atoms with Crippen LogP contribution in [0.4, 0.5) is 0 Å². The van der Waals surface area contributed by atoms with Gasteiger partial charge in [0, 0.05) is 40.8 Å². The number of aromatic nitrogens is 1. The molecule has 5 nitrogen and oxygen atoms in total. The molecule has 156 valence electrons. The van der Waals surface area contributed by atoms with Crippen LogP contribution in [0.5, 0.6) is 0 Å². The van der Waals surface area contributed by atoms with Crippen LogP contribution in [-0.2, 0) is 17.2 Å². The molecule has 0 saturated carbocycles. The Morgan fingerprint density at radius 2 is 1.93 bits per heavy atom. The van der Waals surface area contributed by atoms with E-state index in [9.17, 15) is 4.21 Å². The monoisotopic (exact) mass is 524 g/mol. The van der Waals surface area contributed by atoms with Gasteiger partial charge in [0.05, 0.1) is 17.3 Å². The summed E-state index contributed by atoms with van der Waals surface area (Å²) >= 11 is 0. The molecule has 2 aromatic carbocycles. The van der Waals surface area contributed by atoms with E-state index >= 15 is 0 Å². The van der Waals surface area contributed by atoms with Gasteiger partial charge in [0.25, 0.3) is 0 Å². The Labute approximate surface area is 192 Å². The highest BCUT2D eigenvalue weighted by Gasteiger charge is 2.05. The highest BCUT2D eigenvalue weighted by atomic mass is 127. The average Bonchev–Trinajstić information content (AvgIpc) is 3.10. The maximum absolute atomic E-state index is 12.3. The predicted molar refractivity (Wildman–Crippen MR) is 134 cm³/mol. The van der Waals surface area contributed by atoms with Crippen molar-refractivity contribution >= 4 is 51.6 Å². The zero-order valence-corrected chi connectivity index (χ0v) is 20.1. The smallest absolute Gasteiger partial charge is 0.191 e. The fourth-order valence-electron chi connectivity index (χ4n) is 3.09. The normalized spacial score (nSPS) is 12.4. The van der Waals surface area contributed by atoms with Gasteiger partial charge in [-0.25, -0.2) is 0 Å². The van der Waals surface area contributed by atoms with Crippen LogP contribution in [-0.4, -0.2) is 40.5 Å². The van der Waals surface area contributed by atoms with E-state index in [0.29, 0.717) is 12.3 Å². The fraction of sp³-hybridized carbons (Fsp3) is 0.318. The summed E-state index contributed by atoms with van der Waals surface area (Å²) in [6.45, 7) is 6.24. The summed E-state index contributed by atoms with van der Waals surface area (Å²) in [6, 6.07) is 16.0. The lowest BCUT2D eigenvalue weighted by atomic mass is 10.1. The largest absolute Gasteiger partial charge is 0.361 e. The number of halogens is 1. The first-order valence-corrected chi connectivity index (χ1v) is 11.0. The molecular formula is C22H29IN4OS. The third-order valence-corrected chi connectivity index (χ3v) is 5.86. The first kappa shape index (κ1) is 23.4. The van der Waals surface area contributed by atoms with Crippen molar-refractivity contribution in [2.75, 3.05) is 25.4 Å². The van der Waals surface area contributed by atoms with Crippen LogP contribution >= 0.6 is 24.0 Å². The molecule has 7 heteroatoms. The lowest BCUT2D eigenvalue weighted by Crippen LogP contribution is -2.38. The van der Waals surface area contributed by atoms with E-state index in [2.05, 4.69) is 51.9 Å². The molecule has 3 aromatic rings. The second kappa shape index (κ2) is 12.0. The molecule has 0 fully saturated rings. The van der Waals surface area contributed by atoms with Crippen molar-refractivity contribution in [2.45, 2.75) is 25.2 Å². The van der Waals surface area contributed by atoms with E-state index < -0.39 is 10.8 Å². The number of aliphatic imine (C=N–C) groups is 1. The molecule has 3 N–H and O–H groups in total. The Kier molecular flexibility index (Phi) is 9.66. The molecule has 0 aliphatic carbocycles. The van der Waals surface area contributed by atoms with Crippen molar-refractivity contribution in [1.29, 1.82) is 0 Å². The van der Waals surface area contributed by atoms with Crippen molar-refractivity contribution in [3.63, 3.8) is 0 Å². The van der Waals surface area contributed by atoms with Gasteiger partial charge < -0.3 is 15.6 Å². The molecule has 0 amide bonds. The predicted octanol–water partition coefficient (Wildman–Crippen LogP) is 4.00. The number of guanidine groups is 1. The number of rotatable bonds is 8. The maximum Gasteiger partial charge on any atom is 0.191 e. The number of nitrogens with one attached hydrogen (secondary N) is 3. The summed E-state index contributed by atoms with van der Waals surface area (Å²) < 4.78 is 12.3. The summed E-state index contributed by atoms with van der Waals surface area (Å²) in [5.41, 5.74) is 3.73. The summed E-state index contributed by atoms with van der Waals surface area (Å²) in [5.74, 6) is 1.28. The Balaban J connectivity index is 0.00000300. The Morgan fingerprint density at radius 3 is 2.69 bits per heavy atom. The van der Waals surface area contributed by atoms with E-state index in [4.69, 9.17) is 0 Å². The van der Waals surface area contributed by atoms with Crippen molar-refractivity contribution in [1.82, 2.24) is 15.6 Å². The minimum absolute atomic E-state index is 0. The highest BCUT2D eigenvalue weighted by Crippen LogP contribution is 2.19. The van der Waals surface area contributed by atoms with Crippen molar-refractivity contribution in [3.8, 4) is 0 Å². The van der Waals surface area contributed by atoms with Gasteiger partial charge in [-0.3, -0.25) is 9.20 Å². The third-order valence-electron chi connectivity index (χ3n) is 4.51. The molecule has 0 spiro atoms. The van der Waals surface area contributed by atoms with E-state index in [-0.39, 0.29) is 24.0 Å². The van der Waals surface area contributed by atoms with Gasteiger partial charge in [0.15, 0.2) is 5.96 Å². The van der Waals surface area contributed by atoms with Gasteiger partial charge >= 0.3 is 0 Å². The first-order valence-electron chi connectivity index (χ1n) is 9.69. The van der Waals surface area contributed by atoms with Gasteiger partial charge in [0.1, 0.15) is 0 Å². The number of aryl methyl sites for hydroxylation is 1. The number of benzene rings is 2. The number of H-pyrrole nitrogens is 1. The number of hydrogen-bond acceptors (Lipinski definition) is 2. The van der Waals surface area contributed by atoms with Crippen LogP contribution in [0.1, 0.15) is 18.1 Å². The summed E-state index contributed by atoms with van der Waals surface area (Å²) in [6.07, 6.45) is 2.99. The summed E-state index contributed by atoms with van der Waals surface area (Å²) in [5, 5.41) is 7.90. The average molecular weight is 524 g/mol. The molecular weight excluding hydrogens is 495 g/mol. The molecule has 1 atom stereocenters. The summed E-state index contributed by atoms with van der Waals surface area (Å²) in [4.78, 5) is 8.76. The molecule has 1 heterocycles. The minimum atomic E-state index is -1.02. The topological polar surface area (TPSA) is 69.3 Å². The first-order chi connectivity index (χ1) is 13.7. The van der Waals surface area contributed by atoms with Gasteiger partial charge in [-0.15, -0.1) is 24.0 Å². The minimum Gasteiger partial charge on any atom is -0.361 e. The van der Waals surface area contributed by atoms with E-state index in [1.807, 2.05) is 37.3 Å². The number of nitrogens with zero attached hydrogens (tertiary/aromatic N) is 1. The standard InChI is InChI=1S/C22H28N4OS.HI/c1-3-23-22(25-13-14-28(27)19-7-5-4-6-8-19)24-12-11-18-16-26-21-15-17(2)9-10-20(18)21;/h4-10,15-16,26H,3,11-14H2,1-2H3,(H2,23,24,25);1H. The zero-order chi connectivity index (χ0) is 19.8. The molecule has 0 saturated heterocycles. The van der Waals surface area contributed by atoms with E-state index in [0.717, 1.165) is 30.4 Å². The molecule has 1 aromatic heterocycles. The second-order valence-electron chi connectivity index (χ2n) is 6.66. The molecule has 0 radical (unpaired) electrons. The number of aromatic amines is 1. The lowest BCUT2D eigenvalue weighted by molar-refractivity contribution is 0.682. The van der Waals surface area contributed by atoms with Crippen LogP contribution in [0.3, 0.4) is 0 Å². The van der Waals surface area contributed by atoms with Crippen LogP contribution in [0.2, 0.25) is 0 Å². The third kappa shape index (κ3) is 6.85. The van der Waals surface area contributed by atoms with E-state index in [1.165, 1.54) is 22.0 Å². The zero-order valence-electron chi connectivity index (χ0n) is 16.9. The quantitative estimate of drug-likeness (QED) is 0.237. The fourth-order valence-corrected chi connectivity index (χ4v) is 4.05. The Hall–Kier alpha value is -1.87. The maximum atomic E-state index is 12.3. The second-order valence-corrected chi connectivity index (χ2v) is 8.23. The SMILES string of the molecule is CCNC(=NCCS(=O)c1ccccc1)NCCc1c[nH]c2cc(C)ccc12.I. The van der Waals surface area contributed by atoms with Crippen LogP contribution in [0, 0.1) is 6.92 Å². The summed E-state index contributed by atoms with van der Waals surface area (Å²) in [7, 11) is -1.02. The van der Waals surface area contributed by atoms with Crippen molar-refractivity contribution in [2.24, 2.45) is 4.99 Å². The molecule has 0 aliphatic heterocycles. The number of fused-ring (bicyclic) bond motifs is 1. The number of hydrogen-bond donors (Lipinski definition) is 3.